The number of halogens is 1. The van der Waals surface area contributed by atoms with Crippen LogP contribution in [0.3, 0.4) is 0 Å². The van der Waals surface area contributed by atoms with Gasteiger partial charge in [0.25, 0.3) is 0 Å². The van der Waals surface area contributed by atoms with Crippen LogP contribution >= 0.6 is 12.4 Å². The highest BCUT2D eigenvalue weighted by atomic mass is 35.5. The van der Waals surface area contributed by atoms with Gasteiger partial charge in [0, 0.05) is 43.6 Å². The Morgan fingerprint density at radius 2 is 2.20 bits per heavy atom. The van der Waals surface area contributed by atoms with Gasteiger partial charge in [-0.15, -0.1) is 12.4 Å². The lowest BCUT2D eigenvalue weighted by atomic mass is 10.2. The zero-order valence-electron chi connectivity index (χ0n) is 12.3. The van der Waals surface area contributed by atoms with Crippen LogP contribution in [0.15, 0.2) is 12.3 Å². The number of hydrogen-bond acceptors (Lipinski definition) is 4. The number of fused-ring (bicyclic) bond motifs is 1. The maximum Gasteiger partial charge on any atom is 0.234 e. The Labute approximate surface area is 125 Å². The van der Waals surface area contributed by atoms with Crippen molar-refractivity contribution in [3.8, 4) is 0 Å². The summed E-state index contributed by atoms with van der Waals surface area (Å²) in [5.41, 5.74) is 3.46. The Morgan fingerprint density at radius 3 is 2.95 bits per heavy atom. The highest BCUT2D eigenvalue weighted by molar-refractivity contribution is 5.85. The second-order valence-electron chi connectivity index (χ2n) is 5.51. The van der Waals surface area contributed by atoms with Crippen molar-refractivity contribution >= 4 is 18.2 Å². The summed E-state index contributed by atoms with van der Waals surface area (Å²) in [7, 11) is 0. The molecule has 1 atom stereocenters. The first kappa shape index (κ1) is 15.2. The van der Waals surface area contributed by atoms with E-state index in [2.05, 4.69) is 44.5 Å². The predicted molar refractivity (Wildman–Crippen MR) is 82.5 cm³/mol. The molecular formula is C14H22ClN5. The van der Waals surface area contributed by atoms with Crippen molar-refractivity contribution in [3.63, 3.8) is 0 Å². The van der Waals surface area contributed by atoms with E-state index in [1.54, 1.807) is 0 Å². The van der Waals surface area contributed by atoms with E-state index < -0.39 is 0 Å². The lowest BCUT2D eigenvalue weighted by Crippen LogP contribution is -2.48. The van der Waals surface area contributed by atoms with Gasteiger partial charge in [-0.25, -0.2) is 9.97 Å². The monoisotopic (exact) mass is 295 g/mol. The molecule has 2 aromatic heterocycles. The van der Waals surface area contributed by atoms with Gasteiger partial charge in [0.05, 0.1) is 11.9 Å². The van der Waals surface area contributed by atoms with Crippen LogP contribution in [0.25, 0.3) is 5.78 Å². The van der Waals surface area contributed by atoms with E-state index in [1.165, 1.54) is 11.4 Å². The second-order valence-corrected chi connectivity index (χ2v) is 5.51. The summed E-state index contributed by atoms with van der Waals surface area (Å²) in [4.78, 5) is 11.4. The number of piperazine rings is 1. The molecule has 0 aromatic carbocycles. The molecule has 110 valence electrons. The number of rotatable bonds is 2. The third-order valence-electron chi connectivity index (χ3n) is 3.70. The predicted octanol–water partition coefficient (Wildman–Crippen LogP) is 1.56. The zero-order chi connectivity index (χ0) is 13.4. The molecule has 1 saturated heterocycles. The summed E-state index contributed by atoms with van der Waals surface area (Å²) in [6.45, 7) is 10.6. The molecule has 0 spiro atoms. The fourth-order valence-corrected chi connectivity index (χ4v) is 2.89. The summed E-state index contributed by atoms with van der Waals surface area (Å²) in [6, 6.07) is 2.67. The van der Waals surface area contributed by atoms with Crippen molar-refractivity contribution in [3.05, 3.63) is 29.3 Å². The average molecular weight is 296 g/mol. The number of nitrogens with zero attached hydrogens (tertiary/aromatic N) is 4. The Morgan fingerprint density at radius 1 is 1.40 bits per heavy atom. The molecule has 1 aliphatic rings. The molecule has 3 heterocycles. The molecule has 5 nitrogen and oxygen atoms in total. The Balaban J connectivity index is 0.00000147. The quantitative estimate of drug-likeness (QED) is 0.913. The summed E-state index contributed by atoms with van der Waals surface area (Å²) in [5.74, 6) is 0.815. The standard InChI is InChI=1S/C14H21N5.ClH/c1-10-6-12(3)19-13(7-16-14(19)17-10)9-18-5-4-15-11(2)8-18;/h6-7,11,15H,4-5,8-9H2,1-3H3;1H/t11-;/m1./s1. The molecule has 0 bridgehead atoms. The van der Waals surface area contributed by atoms with Crippen molar-refractivity contribution in [1.82, 2.24) is 24.6 Å². The first-order chi connectivity index (χ1) is 9.13. The summed E-state index contributed by atoms with van der Waals surface area (Å²) in [6.07, 6.45) is 1.96. The molecule has 20 heavy (non-hydrogen) atoms. The summed E-state index contributed by atoms with van der Waals surface area (Å²) >= 11 is 0. The van der Waals surface area contributed by atoms with E-state index >= 15 is 0 Å². The van der Waals surface area contributed by atoms with Crippen molar-refractivity contribution in [2.24, 2.45) is 0 Å². The van der Waals surface area contributed by atoms with Crippen LogP contribution in [-0.4, -0.2) is 44.9 Å². The van der Waals surface area contributed by atoms with Gasteiger partial charge in [-0.3, -0.25) is 9.30 Å². The highest BCUT2D eigenvalue weighted by Gasteiger charge is 2.17. The third kappa shape index (κ3) is 2.95. The number of hydrogen-bond donors (Lipinski definition) is 1. The molecule has 1 N–H and O–H groups in total. The number of aryl methyl sites for hydroxylation is 2. The zero-order valence-corrected chi connectivity index (χ0v) is 13.1. The number of nitrogens with one attached hydrogen (secondary N) is 1. The van der Waals surface area contributed by atoms with Crippen LogP contribution in [0.5, 0.6) is 0 Å². The van der Waals surface area contributed by atoms with Gasteiger partial charge in [-0.05, 0) is 26.8 Å². The molecule has 0 unspecified atom stereocenters. The van der Waals surface area contributed by atoms with E-state index in [1.807, 2.05) is 13.1 Å². The molecule has 0 saturated carbocycles. The van der Waals surface area contributed by atoms with Gasteiger partial charge < -0.3 is 5.32 Å². The Hall–Kier alpha value is -1.17. The average Bonchev–Trinajstić information content (AvgIpc) is 2.72. The highest BCUT2D eigenvalue weighted by Crippen LogP contribution is 2.13. The van der Waals surface area contributed by atoms with Crippen molar-refractivity contribution in [1.29, 1.82) is 0 Å². The second kappa shape index (κ2) is 6.08. The van der Waals surface area contributed by atoms with Gasteiger partial charge in [0.15, 0.2) is 0 Å². The lowest BCUT2D eigenvalue weighted by Gasteiger charge is -2.31. The minimum absolute atomic E-state index is 0. The molecule has 1 aliphatic heterocycles. The fraction of sp³-hybridized carbons (Fsp3) is 0.571. The first-order valence-corrected chi connectivity index (χ1v) is 6.90. The largest absolute Gasteiger partial charge is 0.312 e. The minimum Gasteiger partial charge on any atom is -0.312 e. The fourth-order valence-electron chi connectivity index (χ4n) is 2.89. The Kier molecular flexibility index (Phi) is 4.62. The maximum absolute atomic E-state index is 4.49. The molecule has 3 rings (SSSR count). The number of aromatic nitrogens is 3. The Bertz CT molecular complexity index is 595. The number of imidazole rings is 1. The molecule has 1 fully saturated rings. The third-order valence-corrected chi connectivity index (χ3v) is 3.70. The molecule has 0 radical (unpaired) electrons. The van der Waals surface area contributed by atoms with Crippen LogP contribution in [0.4, 0.5) is 0 Å². The van der Waals surface area contributed by atoms with Gasteiger partial charge >= 0.3 is 0 Å². The van der Waals surface area contributed by atoms with Crippen LogP contribution in [0.1, 0.15) is 24.0 Å². The van der Waals surface area contributed by atoms with E-state index in [0.717, 1.165) is 37.7 Å². The summed E-state index contributed by atoms with van der Waals surface area (Å²) < 4.78 is 2.17. The van der Waals surface area contributed by atoms with Crippen molar-refractivity contribution in [2.45, 2.75) is 33.4 Å². The van der Waals surface area contributed by atoms with Crippen LogP contribution in [-0.2, 0) is 6.54 Å². The van der Waals surface area contributed by atoms with E-state index in [4.69, 9.17) is 0 Å². The lowest BCUT2D eigenvalue weighted by molar-refractivity contribution is 0.197. The molecule has 2 aromatic rings. The van der Waals surface area contributed by atoms with Crippen LogP contribution in [0.2, 0.25) is 0 Å². The first-order valence-electron chi connectivity index (χ1n) is 6.90. The van der Waals surface area contributed by atoms with Crippen LogP contribution in [0, 0.1) is 13.8 Å². The van der Waals surface area contributed by atoms with Gasteiger partial charge in [-0.1, -0.05) is 0 Å². The molecule has 0 amide bonds. The van der Waals surface area contributed by atoms with Crippen molar-refractivity contribution < 1.29 is 0 Å². The summed E-state index contributed by atoms with van der Waals surface area (Å²) in [5, 5.41) is 3.47. The maximum atomic E-state index is 4.49. The smallest absolute Gasteiger partial charge is 0.234 e. The van der Waals surface area contributed by atoms with E-state index in [0.29, 0.717) is 6.04 Å². The van der Waals surface area contributed by atoms with E-state index in [-0.39, 0.29) is 12.4 Å². The molecule has 6 heteroatoms. The van der Waals surface area contributed by atoms with Gasteiger partial charge in [-0.2, -0.15) is 0 Å². The van der Waals surface area contributed by atoms with Crippen molar-refractivity contribution in [2.75, 3.05) is 19.6 Å². The van der Waals surface area contributed by atoms with Crippen LogP contribution < -0.4 is 5.32 Å². The topological polar surface area (TPSA) is 45.5 Å². The molecule has 0 aliphatic carbocycles. The molecular weight excluding hydrogens is 274 g/mol. The minimum atomic E-state index is 0. The normalized spacial score (nSPS) is 20.1. The SMILES string of the molecule is Cc1cc(C)n2c(CN3CCN[C@H](C)C3)cnc2n1.Cl. The van der Waals surface area contributed by atoms with Gasteiger partial charge in [0.2, 0.25) is 5.78 Å². The van der Waals surface area contributed by atoms with Gasteiger partial charge in [0.1, 0.15) is 0 Å². The van der Waals surface area contributed by atoms with E-state index in [9.17, 15) is 0 Å².